The first kappa shape index (κ1) is 19.7. The lowest BCUT2D eigenvalue weighted by Gasteiger charge is -2.29. The number of carbonyl (C=O) groups excluding carboxylic acids is 1. The van der Waals surface area contributed by atoms with Gasteiger partial charge in [0, 0.05) is 30.1 Å². The van der Waals surface area contributed by atoms with Gasteiger partial charge >= 0.3 is 0 Å². The van der Waals surface area contributed by atoms with Gasteiger partial charge in [-0.25, -0.2) is 0 Å². The van der Waals surface area contributed by atoms with Gasteiger partial charge in [0.15, 0.2) is 0 Å². The second-order valence-corrected chi connectivity index (χ2v) is 8.26. The first-order valence-electron chi connectivity index (χ1n) is 9.94. The molecule has 0 saturated heterocycles. The normalized spacial score (nSPS) is 19.6. The van der Waals surface area contributed by atoms with Gasteiger partial charge in [0.1, 0.15) is 5.76 Å². The Hall–Kier alpha value is -2.10. The van der Waals surface area contributed by atoms with Gasteiger partial charge in [-0.15, -0.1) is 0 Å². The van der Waals surface area contributed by atoms with Gasteiger partial charge in [-0.2, -0.15) is 0 Å². The van der Waals surface area contributed by atoms with E-state index in [2.05, 4.69) is 39.8 Å². The maximum atomic E-state index is 13.5. The van der Waals surface area contributed by atoms with Crippen molar-refractivity contribution in [3.63, 3.8) is 0 Å². The minimum atomic E-state index is -0.0288. The molecule has 27 heavy (non-hydrogen) atoms. The molecule has 0 N–H and O–H groups in total. The molecule has 0 radical (unpaired) electrons. The fourth-order valence-electron chi connectivity index (χ4n) is 4.71. The third-order valence-electron chi connectivity index (χ3n) is 7.00. The molecule has 4 nitrogen and oxygen atoms in total. The van der Waals surface area contributed by atoms with Crippen molar-refractivity contribution >= 4 is 11.6 Å². The predicted octanol–water partition coefficient (Wildman–Crippen LogP) is 5.38. The average molecular weight is 369 g/mol. The molecule has 1 saturated carbocycles. The molecule has 0 spiro atoms. The SMILES string of the molecule is Cc1onc(C2CCCC2C(=O)N(C)c2c(C)c(C)c(C)c(C)c2C)c1C. The van der Waals surface area contributed by atoms with Crippen LogP contribution < -0.4 is 4.90 Å². The molecule has 1 aromatic heterocycles. The quantitative estimate of drug-likeness (QED) is 0.730. The molecule has 146 valence electrons. The Morgan fingerprint density at radius 1 is 0.889 bits per heavy atom. The third kappa shape index (κ3) is 3.09. The molecule has 3 rings (SSSR count). The standard InChI is InChI=1S/C23H32N2O2/c1-12-13(2)15(4)22(16(5)14(12)3)25(8)23(26)20-11-9-10-19(20)21-17(6)18(7)27-24-21/h19-20H,9-11H2,1-8H3. The van der Waals surface area contributed by atoms with Gasteiger partial charge in [0.25, 0.3) is 0 Å². The van der Waals surface area contributed by atoms with Crippen LogP contribution in [0.3, 0.4) is 0 Å². The fourth-order valence-corrected chi connectivity index (χ4v) is 4.71. The number of aromatic nitrogens is 1. The van der Waals surface area contributed by atoms with E-state index in [0.717, 1.165) is 42.0 Å². The van der Waals surface area contributed by atoms with Crippen molar-refractivity contribution in [2.24, 2.45) is 5.92 Å². The summed E-state index contributed by atoms with van der Waals surface area (Å²) in [6.45, 7) is 14.7. The van der Waals surface area contributed by atoms with Crippen LogP contribution in [0.15, 0.2) is 4.52 Å². The number of hydrogen-bond acceptors (Lipinski definition) is 3. The van der Waals surface area contributed by atoms with Crippen LogP contribution in [-0.4, -0.2) is 18.1 Å². The lowest BCUT2D eigenvalue weighted by Crippen LogP contribution is -2.35. The minimum Gasteiger partial charge on any atom is -0.361 e. The summed E-state index contributed by atoms with van der Waals surface area (Å²) in [7, 11) is 1.93. The highest BCUT2D eigenvalue weighted by atomic mass is 16.5. The molecule has 1 aliphatic carbocycles. The van der Waals surface area contributed by atoms with Crippen LogP contribution in [0.5, 0.6) is 0 Å². The van der Waals surface area contributed by atoms with Crippen LogP contribution in [0, 0.1) is 54.4 Å². The Labute approximate surface area is 162 Å². The van der Waals surface area contributed by atoms with E-state index in [-0.39, 0.29) is 17.7 Å². The molecular weight excluding hydrogens is 336 g/mol. The Balaban J connectivity index is 1.97. The van der Waals surface area contributed by atoms with Gasteiger partial charge in [0.05, 0.1) is 5.69 Å². The zero-order valence-electron chi connectivity index (χ0n) is 18.0. The van der Waals surface area contributed by atoms with Crippen molar-refractivity contribution in [1.29, 1.82) is 0 Å². The van der Waals surface area contributed by atoms with E-state index in [1.807, 2.05) is 25.8 Å². The van der Waals surface area contributed by atoms with Crippen molar-refractivity contribution in [1.82, 2.24) is 5.16 Å². The van der Waals surface area contributed by atoms with E-state index in [4.69, 9.17) is 4.52 Å². The smallest absolute Gasteiger partial charge is 0.230 e. The molecule has 1 fully saturated rings. The molecule has 1 amide bonds. The predicted molar refractivity (Wildman–Crippen MR) is 110 cm³/mol. The van der Waals surface area contributed by atoms with Crippen LogP contribution in [0.4, 0.5) is 5.69 Å². The summed E-state index contributed by atoms with van der Waals surface area (Å²) >= 11 is 0. The van der Waals surface area contributed by atoms with Crippen molar-refractivity contribution in [2.45, 2.75) is 73.6 Å². The Morgan fingerprint density at radius 2 is 1.44 bits per heavy atom. The first-order valence-corrected chi connectivity index (χ1v) is 9.94. The molecule has 0 bridgehead atoms. The maximum absolute atomic E-state index is 13.5. The molecule has 4 heteroatoms. The molecule has 1 heterocycles. The Bertz CT molecular complexity index is 865. The highest BCUT2D eigenvalue weighted by molar-refractivity contribution is 5.97. The molecule has 1 aliphatic rings. The zero-order chi connectivity index (χ0) is 20.0. The maximum Gasteiger partial charge on any atom is 0.230 e. The number of nitrogens with zero attached hydrogens (tertiary/aromatic N) is 2. The van der Waals surface area contributed by atoms with Crippen LogP contribution in [0.25, 0.3) is 0 Å². The Morgan fingerprint density at radius 3 is 1.96 bits per heavy atom. The number of benzene rings is 1. The minimum absolute atomic E-state index is 0.0288. The van der Waals surface area contributed by atoms with Crippen molar-refractivity contribution in [3.05, 3.63) is 44.8 Å². The van der Waals surface area contributed by atoms with Gasteiger partial charge < -0.3 is 9.42 Å². The lowest BCUT2D eigenvalue weighted by atomic mass is 9.88. The fraction of sp³-hybridized carbons (Fsp3) is 0.565. The number of rotatable bonds is 3. The zero-order valence-corrected chi connectivity index (χ0v) is 18.0. The van der Waals surface area contributed by atoms with E-state index < -0.39 is 0 Å². The van der Waals surface area contributed by atoms with Gasteiger partial charge in [0.2, 0.25) is 5.91 Å². The molecule has 2 aromatic rings. The molecule has 2 atom stereocenters. The van der Waals surface area contributed by atoms with Crippen LogP contribution in [0.1, 0.15) is 70.0 Å². The largest absolute Gasteiger partial charge is 0.361 e. The summed E-state index contributed by atoms with van der Waals surface area (Å²) in [4.78, 5) is 15.4. The lowest BCUT2D eigenvalue weighted by molar-refractivity contribution is -0.122. The van der Waals surface area contributed by atoms with E-state index in [9.17, 15) is 4.79 Å². The van der Waals surface area contributed by atoms with Crippen LogP contribution in [0.2, 0.25) is 0 Å². The number of anilines is 1. The summed E-state index contributed by atoms with van der Waals surface area (Å²) in [6.07, 6.45) is 2.98. The summed E-state index contributed by atoms with van der Waals surface area (Å²) in [6, 6.07) is 0. The average Bonchev–Trinajstić information content (AvgIpc) is 3.25. The van der Waals surface area contributed by atoms with Crippen LogP contribution >= 0.6 is 0 Å². The third-order valence-corrected chi connectivity index (χ3v) is 7.00. The molecule has 2 unspecified atom stereocenters. The van der Waals surface area contributed by atoms with Gasteiger partial charge in [-0.05, 0) is 89.1 Å². The summed E-state index contributed by atoms with van der Waals surface area (Å²) in [5.41, 5.74) is 9.42. The van der Waals surface area contributed by atoms with Crippen molar-refractivity contribution < 1.29 is 9.32 Å². The number of hydrogen-bond donors (Lipinski definition) is 0. The molecular formula is C23H32N2O2. The summed E-state index contributed by atoms with van der Waals surface area (Å²) in [5.74, 6) is 1.18. The second-order valence-electron chi connectivity index (χ2n) is 8.26. The van der Waals surface area contributed by atoms with Crippen LogP contribution in [-0.2, 0) is 4.79 Å². The van der Waals surface area contributed by atoms with E-state index in [1.54, 1.807) is 0 Å². The summed E-state index contributed by atoms with van der Waals surface area (Å²) < 4.78 is 5.39. The number of amides is 1. The van der Waals surface area contributed by atoms with E-state index in [1.165, 1.54) is 27.8 Å². The summed E-state index contributed by atoms with van der Waals surface area (Å²) in [5, 5.41) is 4.29. The van der Waals surface area contributed by atoms with E-state index in [0.29, 0.717) is 0 Å². The monoisotopic (exact) mass is 368 g/mol. The molecule has 0 aliphatic heterocycles. The van der Waals surface area contributed by atoms with E-state index >= 15 is 0 Å². The topological polar surface area (TPSA) is 46.3 Å². The van der Waals surface area contributed by atoms with Crippen molar-refractivity contribution in [3.8, 4) is 0 Å². The highest BCUT2D eigenvalue weighted by Crippen LogP contribution is 2.43. The van der Waals surface area contributed by atoms with Gasteiger partial charge in [-0.3, -0.25) is 4.79 Å². The first-order chi connectivity index (χ1) is 12.7. The Kier molecular flexibility index (Phi) is 5.20. The number of aryl methyl sites for hydroxylation is 1. The van der Waals surface area contributed by atoms with Crippen molar-refractivity contribution in [2.75, 3.05) is 11.9 Å². The van der Waals surface area contributed by atoms with Gasteiger partial charge in [-0.1, -0.05) is 11.6 Å². The number of carbonyl (C=O) groups is 1. The second kappa shape index (κ2) is 7.14. The highest BCUT2D eigenvalue weighted by Gasteiger charge is 2.39. The molecule has 1 aromatic carbocycles.